The summed E-state index contributed by atoms with van der Waals surface area (Å²) in [6, 6.07) is 0. The fourth-order valence-corrected chi connectivity index (χ4v) is 2.02. The fourth-order valence-electron chi connectivity index (χ4n) is 2.02. The number of hydrogen-bond acceptors (Lipinski definition) is 3. The molecule has 0 amide bonds. The third kappa shape index (κ3) is 2.42. The van der Waals surface area contributed by atoms with E-state index in [1.165, 1.54) is 0 Å². The molecule has 0 radical (unpaired) electrons. The lowest BCUT2D eigenvalue weighted by Crippen LogP contribution is -2.48. The van der Waals surface area contributed by atoms with Gasteiger partial charge in [-0.3, -0.25) is 5.32 Å². The average Bonchev–Trinajstić information content (AvgIpc) is 2.20. The molecular formula is C10H19NO2. The van der Waals surface area contributed by atoms with Gasteiger partial charge in [-0.15, -0.1) is 0 Å². The lowest BCUT2D eigenvalue weighted by Gasteiger charge is -2.35. The van der Waals surface area contributed by atoms with Gasteiger partial charge in [0, 0.05) is 25.7 Å². The Morgan fingerprint density at radius 1 is 1.23 bits per heavy atom. The van der Waals surface area contributed by atoms with Crippen LogP contribution in [-0.2, 0) is 9.47 Å². The van der Waals surface area contributed by atoms with Gasteiger partial charge in [0.2, 0.25) is 0 Å². The van der Waals surface area contributed by atoms with E-state index in [9.17, 15) is 0 Å². The fraction of sp³-hybridized carbons (Fsp3) is 1.00. The molecule has 3 heteroatoms. The molecule has 2 unspecified atom stereocenters. The summed E-state index contributed by atoms with van der Waals surface area (Å²) >= 11 is 0. The Balaban J connectivity index is 1.79. The molecule has 1 N–H and O–H groups in total. The van der Waals surface area contributed by atoms with Crippen molar-refractivity contribution in [2.24, 2.45) is 11.8 Å². The van der Waals surface area contributed by atoms with E-state index in [0.29, 0.717) is 18.1 Å². The third-order valence-electron chi connectivity index (χ3n) is 2.92. The summed E-state index contributed by atoms with van der Waals surface area (Å²) in [4.78, 5) is 0. The number of hydrogen-bond donors (Lipinski definition) is 1. The molecule has 0 aromatic rings. The van der Waals surface area contributed by atoms with Crippen molar-refractivity contribution in [3.63, 3.8) is 0 Å². The van der Waals surface area contributed by atoms with Crippen molar-refractivity contribution in [3.05, 3.63) is 0 Å². The minimum atomic E-state index is 0.292. The smallest absolute Gasteiger partial charge is 0.111 e. The van der Waals surface area contributed by atoms with Crippen LogP contribution in [-0.4, -0.2) is 32.6 Å². The van der Waals surface area contributed by atoms with Crippen LogP contribution in [0.4, 0.5) is 0 Å². The second-order valence-corrected chi connectivity index (χ2v) is 4.22. The largest absolute Gasteiger partial charge is 0.381 e. The SMILES string of the molecule is CC1CNC(C2CCOCC2)OC1. The quantitative estimate of drug-likeness (QED) is 0.661. The van der Waals surface area contributed by atoms with Crippen LogP contribution < -0.4 is 5.32 Å². The van der Waals surface area contributed by atoms with E-state index in [2.05, 4.69) is 12.2 Å². The average molecular weight is 185 g/mol. The highest BCUT2D eigenvalue weighted by atomic mass is 16.5. The highest BCUT2D eigenvalue weighted by Gasteiger charge is 2.27. The predicted octanol–water partition coefficient (Wildman–Crippen LogP) is 0.995. The normalized spacial score (nSPS) is 37.6. The van der Waals surface area contributed by atoms with Gasteiger partial charge in [-0.05, 0) is 18.8 Å². The van der Waals surface area contributed by atoms with Gasteiger partial charge >= 0.3 is 0 Å². The summed E-state index contributed by atoms with van der Waals surface area (Å²) in [6.07, 6.45) is 2.58. The summed E-state index contributed by atoms with van der Waals surface area (Å²) in [5.74, 6) is 1.33. The molecule has 2 aliphatic rings. The number of rotatable bonds is 1. The van der Waals surface area contributed by atoms with E-state index in [4.69, 9.17) is 9.47 Å². The lowest BCUT2D eigenvalue weighted by molar-refractivity contribution is -0.0823. The van der Waals surface area contributed by atoms with Crippen LogP contribution in [0.25, 0.3) is 0 Å². The maximum Gasteiger partial charge on any atom is 0.111 e. The minimum Gasteiger partial charge on any atom is -0.381 e. The maximum absolute atomic E-state index is 5.76. The van der Waals surface area contributed by atoms with Crippen molar-refractivity contribution in [2.75, 3.05) is 26.4 Å². The van der Waals surface area contributed by atoms with Crippen LogP contribution in [0.3, 0.4) is 0 Å². The van der Waals surface area contributed by atoms with E-state index >= 15 is 0 Å². The number of ether oxygens (including phenoxy) is 2. The Morgan fingerprint density at radius 3 is 2.62 bits per heavy atom. The van der Waals surface area contributed by atoms with Crippen molar-refractivity contribution >= 4 is 0 Å². The molecule has 0 spiro atoms. The van der Waals surface area contributed by atoms with Gasteiger partial charge in [0.25, 0.3) is 0 Å². The first kappa shape index (κ1) is 9.44. The van der Waals surface area contributed by atoms with Crippen molar-refractivity contribution in [1.82, 2.24) is 5.32 Å². The Morgan fingerprint density at radius 2 is 2.00 bits per heavy atom. The molecule has 76 valence electrons. The minimum absolute atomic E-state index is 0.292. The topological polar surface area (TPSA) is 30.5 Å². The zero-order valence-corrected chi connectivity index (χ0v) is 8.29. The molecule has 2 saturated heterocycles. The summed E-state index contributed by atoms with van der Waals surface area (Å²) in [7, 11) is 0. The first-order chi connectivity index (χ1) is 6.36. The molecule has 2 rings (SSSR count). The van der Waals surface area contributed by atoms with Crippen molar-refractivity contribution in [3.8, 4) is 0 Å². The van der Waals surface area contributed by atoms with Gasteiger partial charge in [0.05, 0.1) is 6.61 Å². The van der Waals surface area contributed by atoms with E-state index < -0.39 is 0 Å². The second-order valence-electron chi connectivity index (χ2n) is 4.22. The van der Waals surface area contributed by atoms with Crippen LogP contribution in [0.2, 0.25) is 0 Å². The summed E-state index contributed by atoms with van der Waals surface area (Å²) < 4.78 is 11.1. The Kier molecular flexibility index (Phi) is 3.19. The molecule has 2 atom stereocenters. The third-order valence-corrected chi connectivity index (χ3v) is 2.92. The van der Waals surface area contributed by atoms with Crippen LogP contribution >= 0.6 is 0 Å². The summed E-state index contributed by atoms with van der Waals surface area (Å²) in [5, 5.41) is 3.46. The van der Waals surface area contributed by atoms with Crippen molar-refractivity contribution < 1.29 is 9.47 Å². The van der Waals surface area contributed by atoms with Gasteiger partial charge < -0.3 is 9.47 Å². The van der Waals surface area contributed by atoms with E-state index in [1.807, 2.05) is 0 Å². The molecule has 0 aromatic carbocycles. The molecule has 3 nitrogen and oxygen atoms in total. The van der Waals surface area contributed by atoms with Gasteiger partial charge in [-0.1, -0.05) is 6.92 Å². The van der Waals surface area contributed by atoms with Crippen LogP contribution in [0, 0.1) is 11.8 Å². The first-order valence-corrected chi connectivity index (χ1v) is 5.29. The van der Waals surface area contributed by atoms with E-state index in [1.54, 1.807) is 0 Å². The molecule has 2 aliphatic heterocycles. The van der Waals surface area contributed by atoms with Gasteiger partial charge in [0.15, 0.2) is 0 Å². The standard InChI is InChI=1S/C10H19NO2/c1-8-6-11-10(13-7-8)9-2-4-12-5-3-9/h8-11H,2-7H2,1H3. The summed E-state index contributed by atoms with van der Waals surface area (Å²) in [6.45, 7) is 6.04. The first-order valence-electron chi connectivity index (χ1n) is 5.29. The zero-order chi connectivity index (χ0) is 9.10. The molecule has 0 aromatic heterocycles. The second kappa shape index (κ2) is 4.40. The van der Waals surface area contributed by atoms with Gasteiger partial charge in [0.1, 0.15) is 6.23 Å². The molecular weight excluding hydrogens is 166 g/mol. The molecule has 2 heterocycles. The Labute approximate surface area is 79.8 Å². The van der Waals surface area contributed by atoms with Crippen LogP contribution in [0.1, 0.15) is 19.8 Å². The summed E-state index contributed by atoms with van der Waals surface area (Å²) in [5.41, 5.74) is 0. The highest BCUT2D eigenvalue weighted by Crippen LogP contribution is 2.21. The molecule has 0 bridgehead atoms. The predicted molar refractivity (Wildman–Crippen MR) is 50.4 cm³/mol. The van der Waals surface area contributed by atoms with E-state index in [0.717, 1.165) is 39.2 Å². The Bertz CT molecular complexity index is 149. The maximum atomic E-state index is 5.76. The van der Waals surface area contributed by atoms with Crippen LogP contribution in [0.5, 0.6) is 0 Å². The molecule has 0 aliphatic carbocycles. The molecule has 2 fully saturated rings. The monoisotopic (exact) mass is 185 g/mol. The highest BCUT2D eigenvalue weighted by molar-refractivity contribution is 4.75. The van der Waals surface area contributed by atoms with Crippen LogP contribution in [0.15, 0.2) is 0 Å². The number of nitrogens with one attached hydrogen (secondary N) is 1. The zero-order valence-electron chi connectivity index (χ0n) is 8.29. The van der Waals surface area contributed by atoms with Gasteiger partial charge in [-0.25, -0.2) is 0 Å². The van der Waals surface area contributed by atoms with Crippen molar-refractivity contribution in [1.29, 1.82) is 0 Å². The Hall–Kier alpha value is -0.120. The van der Waals surface area contributed by atoms with Crippen molar-refractivity contribution in [2.45, 2.75) is 26.0 Å². The molecule has 0 saturated carbocycles. The van der Waals surface area contributed by atoms with E-state index in [-0.39, 0.29) is 0 Å². The lowest BCUT2D eigenvalue weighted by atomic mass is 9.97. The molecule has 13 heavy (non-hydrogen) atoms. The van der Waals surface area contributed by atoms with Gasteiger partial charge in [-0.2, -0.15) is 0 Å².